The summed E-state index contributed by atoms with van der Waals surface area (Å²) in [5.41, 5.74) is 1.49. The lowest BCUT2D eigenvalue weighted by Gasteiger charge is -2.16. The number of nitrogens with one attached hydrogen (secondary N) is 2. The molecule has 2 N–H and O–H groups in total. The van der Waals surface area contributed by atoms with E-state index in [0.29, 0.717) is 28.4 Å². The zero-order valence-electron chi connectivity index (χ0n) is 16.2. The van der Waals surface area contributed by atoms with E-state index in [4.69, 9.17) is 9.47 Å². The number of carbonyl (C=O) groups excluding carboxylic acids is 2. The van der Waals surface area contributed by atoms with E-state index in [9.17, 15) is 9.59 Å². The van der Waals surface area contributed by atoms with Crippen LogP contribution in [-0.2, 0) is 4.79 Å². The second kappa shape index (κ2) is 9.41. The maximum Gasteiger partial charge on any atom is 0.265 e. The molecule has 0 aliphatic carbocycles. The molecule has 6 heteroatoms. The van der Waals surface area contributed by atoms with Gasteiger partial charge < -0.3 is 20.1 Å². The van der Waals surface area contributed by atoms with E-state index in [1.54, 1.807) is 61.5 Å². The number of hydrogen-bond donors (Lipinski definition) is 2. The molecule has 0 fully saturated rings. The number of carbonyl (C=O) groups is 2. The lowest BCUT2D eigenvalue weighted by atomic mass is 10.2. The van der Waals surface area contributed by atoms with Crippen molar-refractivity contribution in [1.29, 1.82) is 0 Å². The third-order valence-electron chi connectivity index (χ3n) is 4.18. The van der Waals surface area contributed by atoms with Crippen LogP contribution in [0.3, 0.4) is 0 Å². The molecule has 148 valence electrons. The second-order valence-corrected chi connectivity index (χ2v) is 6.30. The summed E-state index contributed by atoms with van der Waals surface area (Å²) in [7, 11) is 1.52. The molecule has 1 atom stereocenters. The highest BCUT2D eigenvalue weighted by Gasteiger charge is 2.16. The Morgan fingerprint density at radius 2 is 1.52 bits per heavy atom. The van der Waals surface area contributed by atoms with Crippen molar-refractivity contribution in [2.75, 3.05) is 17.7 Å². The first-order chi connectivity index (χ1) is 14.1. The molecule has 0 radical (unpaired) electrons. The number of ether oxygens (including phenoxy) is 2. The summed E-state index contributed by atoms with van der Waals surface area (Å²) in [4.78, 5) is 24.9. The molecular weight excluding hydrogens is 368 g/mol. The molecule has 0 saturated heterocycles. The minimum atomic E-state index is -0.693. The average Bonchev–Trinajstić information content (AvgIpc) is 2.75. The Hall–Kier alpha value is -3.80. The molecule has 0 aliphatic heterocycles. The SMILES string of the molecule is COc1ccc(NC(=O)C(C)Oc2ccccc2)cc1NC(=O)c1ccccc1. The Labute approximate surface area is 169 Å². The lowest BCUT2D eigenvalue weighted by molar-refractivity contribution is -0.122. The van der Waals surface area contributed by atoms with Crippen molar-refractivity contribution < 1.29 is 19.1 Å². The van der Waals surface area contributed by atoms with Crippen molar-refractivity contribution in [3.05, 3.63) is 84.4 Å². The van der Waals surface area contributed by atoms with E-state index in [0.717, 1.165) is 0 Å². The fraction of sp³-hybridized carbons (Fsp3) is 0.130. The van der Waals surface area contributed by atoms with E-state index in [-0.39, 0.29) is 11.8 Å². The lowest BCUT2D eigenvalue weighted by Crippen LogP contribution is -2.30. The molecular formula is C23H22N2O4. The summed E-state index contributed by atoms with van der Waals surface area (Å²) in [6.07, 6.45) is -0.693. The van der Waals surface area contributed by atoms with Crippen LogP contribution in [0.5, 0.6) is 11.5 Å². The van der Waals surface area contributed by atoms with Crippen LogP contribution in [0.4, 0.5) is 11.4 Å². The zero-order chi connectivity index (χ0) is 20.6. The van der Waals surface area contributed by atoms with Crippen LogP contribution in [0.15, 0.2) is 78.9 Å². The van der Waals surface area contributed by atoms with E-state index in [2.05, 4.69) is 10.6 Å². The van der Waals surface area contributed by atoms with Crippen LogP contribution in [0.2, 0.25) is 0 Å². The summed E-state index contributed by atoms with van der Waals surface area (Å²) in [6, 6.07) is 23.0. The van der Waals surface area contributed by atoms with Gasteiger partial charge in [-0.25, -0.2) is 0 Å². The molecule has 0 heterocycles. The van der Waals surface area contributed by atoms with Crippen LogP contribution in [0, 0.1) is 0 Å². The van der Waals surface area contributed by atoms with Crippen molar-refractivity contribution in [1.82, 2.24) is 0 Å². The van der Waals surface area contributed by atoms with Gasteiger partial charge >= 0.3 is 0 Å². The van der Waals surface area contributed by atoms with Gasteiger partial charge in [0.2, 0.25) is 0 Å². The van der Waals surface area contributed by atoms with Gasteiger partial charge in [0.25, 0.3) is 11.8 Å². The van der Waals surface area contributed by atoms with E-state index >= 15 is 0 Å². The summed E-state index contributed by atoms with van der Waals surface area (Å²) in [5.74, 6) is 0.522. The predicted molar refractivity (Wildman–Crippen MR) is 113 cm³/mol. The second-order valence-electron chi connectivity index (χ2n) is 6.30. The molecule has 6 nitrogen and oxygen atoms in total. The minimum absolute atomic E-state index is 0.270. The fourth-order valence-electron chi connectivity index (χ4n) is 2.67. The van der Waals surface area contributed by atoms with E-state index in [1.807, 2.05) is 24.3 Å². The molecule has 3 aromatic rings. The van der Waals surface area contributed by atoms with Gasteiger partial charge in [0, 0.05) is 11.3 Å². The van der Waals surface area contributed by atoms with Gasteiger partial charge in [-0.3, -0.25) is 9.59 Å². The van der Waals surface area contributed by atoms with Gasteiger partial charge in [-0.2, -0.15) is 0 Å². The predicted octanol–water partition coefficient (Wildman–Crippen LogP) is 4.35. The number of para-hydroxylation sites is 1. The molecule has 29 heavy (non-hydrogen) atoms. The summed E-state index contributed by atoms with van der Waals surface area (Å²) in [6.45, 7) is 1.67. The number of rotatable bonds is 7. The Balaban J connectivity index is 1.70. The number of hydrogen-bond acceptors (Lipinski definition) is 4. The Kier molecular flexibility index (Phi) is 6.47. The smallest absolute Gasteiger partial charge is 0.265 e. The maximum absolute atomic E-state index is 12.5. The first-order valence-electron chi connectivity index (χ1n) is 9.14. The highest BCUT2D eigenvalue weighted by molar-refractivity contribution is 6.05. The molecule has 0 saturated carbocycles. The van der Waals surface area contributed by atoms with Gasteiger partial charge in [-0.05, 0) is 49.4 Å². The number of anilines is 2. The summed E-state index contributed by atoms with van der Waals surface area (Å²) in [5, 5.41) is 5.61. The van der Waals surface area contributed by atoms with Gasteiger partial charge in [0.15, 0.2) is 6.10 Å². The van der Waals surface area contributed by atoms with E-state index in [1.165, 1.54) is 7.11 Å². The highest BCUT2D eigenvalue weighted by Crippen LogP contribution is 2.28. The van der Waals surface area contributed by atoms with Gasteiger partial charge in [-0.15, -0.1) is 0 Å². The quantitative estimate of drug-likeness (QED) is 0.629. The van der Waals surface area contributed by atoms with Gasteiger partial charge in [0.1, 0.15) is 11.5 Å². The molecule has 2 amide bonds. The Morgan fingerprint density at radius 1 is 0.862 bits per heavy atom. The van der Waals surface area contributed by atoms with Crippen molar-refractivity contribution in [3.63, 3.8) is 0 Å². The molecule has 0 spiro atoms. The Morgan fingerprint density at radius 3 is 2.17 bits per heavy atom. The minimum Gasteiger partial charge on any atom is -0.495 e. The van der Waals surface area contributed by atoms with Crippen molar-refractivity contribution in [3.8, 4) is 11.5 Å². The molecule has 0 bridgehead atoms. The molecule has 1 unspecified atom stereocenters. The highest BCUT2D eigenvalue weighted by atomic mass is 16.5. The van der Waals surface area contributed by atoms with Crippen molar-refractivity contribution >= 4 is 23.2 Å². The molecule has 3 aromatic carbocycles. The fourth-order valence-corrected chi connectivity index (χ4v) is 2.67. The van der Waals surface area contributed by atoms with Crippen LogP contribution in [-0.4, -0.2) is 25.0 Å². The first-order valence-corrected chi connectivity index (χ1v) is 9.14. The Bertz CT molecular complexity index is 975. The largest absolute Gasteiger partial charge is 0.495 e. The van der Waals surface area contributed by atoms with Crippen LogP contribution in [0.1, 0.15) is 17.3 Å². The summed E-state index contributed by atoms with van der Waals surface area (Å²) >= 11 is 0. The number of amides is 2. The molecule has 0 aromatic heterocycles. The van der Waals surface area contributed by atoms with Crippen LogP contribution < -0.4 is 20.1 Å². The van der Waals surface area contributed by atoms with Crippen molar-refractivity contribution in [2.45, 2.75) is 13.0 Å². The van der Waals surface area contributed by atoms with Crippen molar-refractivity contribution in [2.24, 2.45) is 0 Å². The standard InChI is InChI=1S/C23H22N2O4/c1-16(29-19-11-7-4-8-12-19)22(26)24-18-13-14-21(28-2)20(15-18)25-23(27)17-9-5-3-6-10-17/h3-16H,1-2H3,(H,24,26)(H,25,27). The van der Waals surface area contributed by atoms with Gasteiger partial charge in [-0.1, -0.05) is 36.4 Å². The average molecular weight is 390 g/mol. The maximum atomic E-state index is 12.5. The summed E-state index contributed by atoms with van der Waals surface area (Å²) < 4.78 is 11.0. The first kappa shape index (κ1) is 19.9. The van der Waals surface area contributed by atoms with Crippen LogP contribution in [0.25, 0.3) is 0 Å². The number of methoxy groups -OCH3 is 1. The molecule has 0 aliphatic rings. The van der Waals surface area contributed by atoms with Gasteiger partial charge in [0.05, 0.1) is 12.8 Å². The monoisotopic (exact) mass is 390 g/mol. The normalized spacial score (nSPS) is 11.2. The molecule has 3 rings (SSSR count). The third kappa shape index (κ3) is 5.35. The number of benzene rings is 3. The van der Waals surface area contributed by atoms with E-state index < -0.39 is 6.10 Å². The topological polar surface area (TPSA) is 76.7 Å². The third-order valence-corrected chi connectivity index (χ3v) is 4.18. The zero-order valence-corrected chi connectivity index (χ0v) is 16.2. The van der Waals surface area contributed by atoms with Crippen LogP contribution >= 0.6 is 0 Å².